The number of nitrogens with one attached hydrogen (secondary N) is 2. The molecule has 0 saturated carbocycles. The van der Waals surface area contributed by atoms with E-state index < -0.39 is 5.82 Å². The van der Waals surface area contributed by atoms with Crippen LogP contribution in [-0.2, 0) is 6.42 Å². The average Bonchev–Trinajstić information content (AvgIpc) is 2.80. The van der Waals surface area contributed by atoms with Crippen molar-refractivity contribution in [1.82, 2.24) is 30.1 Å². The highest BCUT2D eigenvalue weighted by atomic mass is 19.1. The maximum absolute atomic E-state index is 13.7. The lowest BCUT2D eigenvalue weighted by Gasteiger charge is -2.12. The van der Waals surface area contributed by atoms with Gasteiger partial charge < -0.3 is 11.1 Å². The van der Waals surface area contributed by atoms with Crippen molar-refractivity contribution >= 4 is 11.6 Å². The number of nitrogens with two attached hydrogens (primary N) is 1. The predicted octanol–water partition coefficient (Wildman–Crippen LogP) is 3.28. The van der Waals surface area contributed by atoms with Crippen LogP contribution in [0.4, 0.5) is 16.0 Å². The fraction of sp³-hybridized carbons (Fsp3) is 0.250. The Hall–Kier alpha value is -3.62. The Labute approximate surface area is 168 Å². The normalized spacial score (nSPS) is 10.6. The van der Waals surface area contributed by atoms with Gasteiger partial charge in [0.25, 0.3) is 0 Å². The van der Waals surface area contributed by atoms with Crippen LogP contribution in [0.25, 0.3) is 11.4 Å². The van der Waals surface area contributed by atoms with Crippen molar-refractivity contribution in [1.29, 1.82) is 0 Å². The minimum atomic E-state index is -0.459. The van der Waals surface area contributed by atoms with Crippen molar-refractivity contribution in [3.63, 3.8) is 0 Å². The molecule has 150 valence electrons. The lowest BCUT2D eigenvalue weighted by Crippen LogP contribution is -2.10. The lowest BCUT2D eigenvalue weighted by molar-refractivity contribution is 0.622. The largest absolute Gasteiger partial charge is 0.383 e. The fourth-order valence-electron chi connectivity index (χ4n) is 2.71. The van der Waals surface area contributed by atoms with Crippen LogP contribution >= 0.6 is 0 Å². The van der Waals surface area contributed by atoms with Crippen LogP contribution in [0.1, 0.15) is 30.9 Å². The Balaban J connectivity index is 1.99. The molecule has 0 aromatic carbocycles. The molecule has 3 heterocycles. The van der Waals surface area contributed by atoms with E-state index in [-0.39, 0.29) is 5.92 Å². The fourth-order valence-corrected chi connectivity index (χ4v) is 2.71. The number of H-pyrrole nitrogens is 1. The van der Waals surface area contributed by atoms with E-state index in [1.165, 1.54) is 18.6 Å². The number of aromatic amines is 1. The van der Waals surface area contributed by atoms with Crippen LogP contribution in [0, 0.1) is 5.82 Å². The highest BCUT2D eigenvalue weighted by Gasteiger charge is 2.10. The summed E-state index contributed by atoms with van der Waals surface area (Å²) in [4.78, 5) is 16.9. The third-order valence-electron chi connectivity index (χ3n) is 4.21. The molecule has 29 heavy (non-hydrogen) atoms. The molecule has 0 aliphatic heterocycles. The number of rotatable bonds is 6. The first-order chi connectivity index (χ1) is 14.0. The standard InChI is InChI=1S/C20H23FN8/c1-13(2)17-11-27-28-12-26-19(15-8-16(21)10-23-9-15)29-20(17)25-7-5-14-4-3-6-24-18(14)22/h3-4,6,8-13,25H,5,7H2,1-2H3,(H2,22,24)(H,26,28,29). The molecule has 8 nitrogen and oxygen atoms in total. The topological polar surface area (TPSA) is 118 Å². The average molecular weight is 394 g/mol. The monoisotopic (exact) mass is 394 g/mol. The Morgan fingerprint density at radius 2 is 2.07 bits per heavy atom. The van der Waals surface area contributed by atoms with Gasteiger partial charge in [-0.3, -0.25) is 10.1 Å². The zero-order chi connectivity index (χ0) is 20.6. The van der Waals surface area contributed by atoms with E-state index in [1.54, 1.807) is 12.4 Å². The molecule has 0 radical (unpaired) electrons. The first-order valence-corrected chi connectivity index (χ1v) is 9.22. The molecule has 0 spiro atoms. The number of aromatic nitrogens is 6. The molecule has 3 aromatic heterocycles. The van der Waals surface area contributed by atoms with Gasteiger partial charge in [0.05, 0.1) is 12.4 Å². The maximum atomic E-state index is 13.7. The summed E-state index contributed by atoms with van der Waals surface area (Å²) in [6, 6.07) is 5.13. The van der Waals surface area contributed by atoms with E-state index in [1.807, 2.05) is 26.0 Å². The molecular weight excluding hydrogens is 371 g/mol. The Morgan fingerprint density at radius 3 is 2.83 bits per heavy atom. The summed E-state index contributed by atoms with van der Waals surface area (Å²) in [7, 11) is 0. The molecule has 0 saturated heterocycles. The predicted molar refractivity (Wildman–Crippen MR) is 110 cm³/mol. The zero-order valence-electron chi connectivity index (χ0n) is 16.3. The Kier molecular flexibility index (Phi) is 6.62. The lowest BCUT2D eigenvalue weighted by atomic mass is 10.1. The van der Waals surface area contributed by atoms with Crippen molar-refractivity contribution in [3.05, 3.63) is 66.3 Å². The van der Waals surface area contributed by atoms with Crippen LogP contribution in [0.3, 0.4) is 0 Å². The van der Waals surface area contributed by atoms with Gasteiger partial charge in [-0.25, -0.2) is 19.3 Å². The zero-order valence-corrected chi connectivity index (χ0v) is 16.3. The van der Waals surface area contributed by atoms with Gasteiger partial charge in [-0.2, -0.15) is 5.10 Å². The molecule has 0 aliphatic carbocycles. The number of hydrogen-bond acceptors (Lipinski definition) is 7. The Morgan fingerprint density at radius 1 is 1.21 bits per heavy atom. The van der Waals surface area contributed by atoms with Crippen molar-refractivity contribution in [3.8, 4) is 11.4 Å². The molecular formula is C20H23FN8. The molecule has 4 N–H and O–H groups in total. The second-order valence-electron chi connectivity index (χ2n) is 6.66. The molecule has 3 aromatic rings. The van der Waals surface area contributed by atoms with Crippen LogP contribution in [0.2, 0.25) is 0 Å². The Bertz CT molecular complexity index is 1020. The first kappa shape index (κ1) is 20.1. The van der Waals surface area contributed by atoms with Crippen molar-refractivity contribution in [2.24, 2.45) is 0 Å². The van der Waals surface area contributed by atoms with Gasteiger partial charge in [-0.15, -0.1) is 0 Å². The highest BCUT2D eigenvalue weighted by molar-refractivity contribution is 5.56. The van der Waals surface area contributed by atoms with Crippen LogP contribution in [0.5, 0.6) is 0 Å². The summed E-state index contributed by atoms with van der Waals surface area (Å²) in [6.07, 6.45) is 8.08. The van der Waals surface area contributed by atoms with Gasteiger partial charge >= 0.3 is 0 Å². The van der Waals surface area contributed by atoms with E-state index in [2.05, 4.69) is 35.5 Å². The van der Waals surface area contributed by atoms with Crippen molar-refractivity contribution in [2.75, 3.05) is 17.6 Å². The second-order valence-corrected chi connectivity index (χ2v) is 6.66. The number of halogens is 1. The number of anilines is 2. The minimum absolute atomic E-state index is 0.139. The number of hydrogen-bond donors (Lipinski definition) is 3. The highest BCUT2D eigenvalue weighted by Crippen LogP contribution is 2.22. The summed E-state index contributed by atoms with van der Waals surface area (Å²) < 4.78 is 13.7. The van der Waals surface area contributed by atoms with E-state index in [0.29, 0.717) is 36.0 Å². The van der Waals surface area contributed by atoms with Crippen LogP contribution in [0.15, 0.2) is 49.3 Å². The quantitative estimate of drug-likeness (QED) is 0.587. The molecule has 3 rings (SSSR count). The molecule has 9 heteroatoms. The van der Waals surface area contributed by atoms with E-state index in [0.717, 1.165) is 17.3 Å². The summed E-state index contributed by atoms with van der Waals surface area (Å²) in [5, 5.41) is 10.2. The van der Waals surface area contributed by atoms with E-state index in [4.69, 9.17) is 5.73 Å². The maximum Gasteiger partial charge on any atom is 0.164 e. The third-order valence-corrected chi connectivity index (χ3v) is 4.21. The molecule has 0 aliphatic rings. The van der Waals surface area contributed by atoms with Gasteiger partial charge in [0.2, 0.25) is 0 Å². The number of pyridine rings is 2. The molecule has 0 atom stereocenters. The van der Waals surface area contributed by atoms with Crippen LogP contribution in [-0.4, -0.2) is 36.7 Å². The third kappa shape index (κ3) is 5.44. The SMILES string of the molecule is CC(C)c1cn[nH]cnc(-c2cncc(F)c2)nc1NCCc1cccnc1N. The smallest absolute Gasteiger partial charge is 0.164 e. The summed E-state index contributed by atoms with van der Waals surface area (Å²) >= 11 is 0. The van der Waals surface area contributed by atoms with Crippen molar-refractivity contribution < 1.29 is 4.39 Å². The summed E-state index contributed by atoms with van der Waals surface area (Å²) in [5.74, 6) is 1.11. The second kappa shape index (κ2) is 9.54. The van der Waals surface area contributed by atoms with Gasteiger partial charge in [0.1, 0.15) is 23.8 Å². The first-order valence-electron chi connectivity index (χ1n) is 9.22. The minimum Gasteiger partial charge on any atom is -0.383 e. The van der Waals surface area contributed by atoms with Gasteiger partial charge in [-0.1, -0.05) is 19.9 Å². The summed E-state index contributed by atoms with van der Waals surface area (Å²) in [6.45, 7) is 4.66. The molecule has 0 amide bonds. The van der Waals surface area contributed by atoms with E-state index in [9.17, 15) is 4.39 Å². The van der Waals surface area contributed by atoms with Gasteiger partial charge in [0, 0.05) is 30.1 Å². The van der Waals surface area contributed by atoms with Crippen molar-refractivity contribution in [2.45, 2.75) is 26.2 Å². The molecule has 0 unspecified atom stereocenters. The number of nitrogens with zero attached hydrogens (tertiary/aromatic N) is 5. The van der Waals surface area contributed by atoms with E-state index >= 15 is 0 Å². The molecule has 0 fully saturated rings. The van der Waals surface area contributed by atoms with Crippen LogP contribution < -0.4 is 11.1 Å². The summed E-state index contributed by atoms with van der Waals surface area (Å²) in [5.41, 5.74) is 8.21. The molecule has 0 bridgehead atoms. The van der Waals surface area contributed by atoms with Gasteiger partial charge in [0.15, 0.2) is 5.82 Å². The van der Waals surface area contributed by atoms with Gasteiger partial charge in [-0.05, 0) is 30.0 Å². The number of nitrogen functional groups attached to an aromatic ring is 1.